The van der Waals surface area contributed by atoms with Crippen LogP contribution in [0.3, 0.4) is 0 Å². The molecule has 3 nitrogen and oxygen atoms in total. The fraction of sp³-hybridized carbons (Fsp3) is 0.643. The Bertz CT molecular complexity index is 309. The molecule has 1 rings (SSSR count). The Morgan fingerprint density at radius 2 is 1.76 bits per heavy atom. The van der Waals surface area contributed by atoms with Gasteiger partial charge in [-0.05, 0) is 37.5 Å². The highest BCUT2D eigenvalue weighted by molar-refractivity contribution is 5.16. The second-order valence-corrected chi connectivity index (χ2v) is 5.22. The maximum atomic E-state index is 5.96. The second-order valence-electron chi connectivity index (χ2n) is 5.22. The summed E-state index contributed by atoms with van der Waals surface area (Å²) in [6, 6.07) is 4.92. The van der Waals surface area contributed by atoms with Gasteiger partial charge >= 0.3 is 0 Å². The quantitative estimate of drug-likeness (QED) is 0.823. The number of pyridine rings is 1. The first-order valence-electron chi connectivity index (χ1n) is 6.42. The molecule has 0 spiro atoms. The maximum Gasteiger partial charge on any atom is 0.0474 e. The van der Waals surface area contributed by atoms with Crippen molar-refractivity contribution in [2.75, 3.05) is 13.1 Å². The summed E-state index contributed by atoms with van der Waals surface area (Å²) < 4.78 is 0. The monoisotopic (exact) mass is 235 g/mol. The summed E-state index contributed by atoms with van der Waals surface area (Å²) in [5.41, 5.74) is 7.22. The van der Waals surface area contributed by atoms with Crippen molar-refractivity contribution in [3.8, 4) is 0 Å². The minimum absolute atomic E-state index is 0.292. The molecule has 1 unspecified atom stereocenters. The molecule has 3 heteroatoms. The van der Waals surface area contributed by atoms with Crippen molar-refractivity contribution in [1.29, 1.82) is 0 Å². The van der Waals surface area contributed by atoms with E-state index in [1.165, 1.54) is 5.56 Å². The van der Waals surface area contributed by atoms with E-state index in [0.29, 0.717) is 24.5 Å². The Hall–Kier alpha value is -0.930. The smallest absolute Gasteiger partial charge is 0.0474 e. The molecule has 17 heavy (non-hydrogen) atoms. The molecule has 0 saturated carbocycles. The standard InChI is InChI=1S/C14H25N3/c1-11(2)10-17(12(3)4)14(9-15)13-5-7-16-8-6-13/h5-8,11-12,14H,9-10,15H2,1-4H3. The Kier molecular flexibility index (Phi) is 5.59. The van der Waals surface area contributed by atoms with Crippen LogP contribution in [-0.2, 0) is 0 Å². The lowest BCUT2D eigenvalue weighted by Gasteiger charge is -2.35. The van der Waals surface area contributed by atoms with Crippen molar-refractivity contribution in [3.05, 3.63) is 30.1 Å². The molecular weight excluding hydrogens is 210 g/mol. The molecule has 0 radical (unpaired) electrons. The molecule has 1 aromatic rings. The van der Waals surface area contributed by atoms with Crippen LogP contribution in [0.5, 0.6) is 0 Å². The molecule has 0 aliphatic rings. The highest BCUT2D eigenvalue weighted by Crippen LogP contribution is 2.22. The van der Waals surface area contributed by atoms with Crippen LogP contribution in [0.1, 0.15) is 39.3 Å². The van der Waals surface area contributed by atoms with E-state index >= 15 is 0 Å². The fourth-order valence-electron chi connectivity index (χ4n) is 2.17. The number of aromatic nitrogens is 1. The zero-order valence-corrected chi connectivity index (χ0v) is 11.4. The largest absolute Gasteiger partial charge is 0.329 e. The topological polar surface area (TPSA) is 42.1 Å². The zero-order valence-electron chi connectivity index (χ0n) is 11.4. The maximum absolute atomic E-state index is 5.96. The molecule has 0 aliphatic heterocycles. The van der Waals surface area contributed by atoms with Crippen LogP contribution in [0.25, 0.3) is 0 Å². The van der Waals surface area contributed by atoms with Crippen molar-refractivity contribution >= 4 is 0 Å². The van der Waals surface area contributed by atoms with Crippen molar-refractivity contribution in [1.82, 2.24) is 9.88 Å². The summed E-state index contributed by atoms with van der Waals surface area (Å²) in [6.45, 7) is 10.7. The summed E-state index contributed by atoms with van der Waals surface area (Å²) in [6.07, 6.45) is 3.68. The fourth-order valence-corrected chi connectivity index (χ4v) is 2.17. The van der Waals surface area contributed by atoms with E-state index < -0.39 is 0 Å². The summed E-state index contributed by atoms with van der Waals surface area (Å²) in [4.78, 5) is 6.54. The van der Waals surface area contributed by atoms with Gasteiger partial charge in [0.05, 0.1) is 0 Å². The van der Waals surface area contributed by atoms with E-state index in [4.69, 9.17) is 5.73 Å². The third kappa shape index (κ3) is 4.10. The van der Waals surface area contributed by atoms with Crippen LogP contribution in [0, 0.1) is 5.92 Å². The Morgan fingerprint density at radius 1 is 1.18 bits per heavy atom. The lowest BCUT2D eigenvalue weighted by Crippen LogP contribution is -2.40. The van der Waals surface area contributed by atoms with Gasteiger partial charge in [-0.25, -0.2) is 0 Å². The predicted molar refractivity (Wildman–Crippen MR) is 72.7 cm³/mol. The van der Waals surface area contributed by atoms with Crippen LogP contribution in [0.4, 0.5) is 0 Å². The SMILES string of the molecule is CC(C)CN(C(C)C)C(CN)c1ccncc1. The normalized spacial score (nSPS) is 13.6. The van der Waals surface area contributed by atoms with Crippen molar-refractivity contribution in [2.45, 2.75) is 39.8 Å². The summed E-state index contributed by atoms with van der Waals surface area (Å²) in [7, 11) is 0. The number of nitrogens with zero attached hydrogens (tertiary/aromatic N) is 2. The zero-order chi connectivity index (χ0) is 12.8. The van der Waals surface area contributed by atoms with Crippen molar-refractivity contribution in [3.63, 3.8) is 0 Å². The van der Waals surface area contributed by atoms with Crippen molar-refractivity contribution < 1.29 is 0 Å². The lowest BCUT2D eigenvalue weighted by atomic mass is 10.0. The predicted octanol–water partition coefficient (Wildman–Crippen LogP) is 2.45. The molecule has 96 valence electrons. The van der Waals surface area contributed by atoms with E-state index in [1.54, 1.807) is 0 Å². The van der Waals surface area contributed by atoms with Crippen LogP contribution in [-0.4, -0.2) is 29.0 Å². The first-order chi connectivity index (χ1) is 8.06. The number of hydrogen-bond acceptors (Lipinski definition) is 3. The van der Waals surface area contributed by atoms with Crippen LogP contribution >= 0.6 is 0 Å². The van der Waals surface area contributed by atoms with Gasteiger partial charge in [-0.1, -0.05) is 13.8 Å². The van der Waals surface area contributed by atoms with Crippen LogP contribution < -0.4 is 5.73 Å². The highest BCUT2D eigenvalue weighted by Gasteiger charge is 2.22. The van der Waals surface area contributed by atoms with Gasteiger partial charge in [-0.3, -0.25) is 9.88 Å². The number of rotatable bonds is 6. The van der Waals surface area contributed by atoms with Gasteiger partial charge in [-0.15, -0.1) is 0 Å². The average molecular weight is 235 g/mol. The van der Waals surface area contributed by atoms with Gasteiger partial charge in [0.1, 0.15) is 0 Å². The highest BCUT2D eigenvalue weighted by atomic mass is 15.2. The average Bonchev–Trinajstić information content (AvgIpc) is 2.29. The minimum Gasteiger partial charge on any atom is -0.329 e. The molecule has 0 fully saturated rings. The van der Waals surface area contributed by atoms with Crippen molar-refractivity contribution in [2.24, 2.45) is 11.7 Å². The lowest BCUT2D eigenvalue weighted by molar-refractivity contribution is 0.138. The molecular formula is C14H25N3. The molecule has 0 bridgehead atoms. The number of nitrogens with two attached hydrogens (primary N) is 1. The Balaban J connectivity index is 2.89. The van der Waals surface area contributed by atoms with Gasteiger partial charge < -0.3 is 5.73 Å². The van der Waals surface area contributed by atoms with E-state index in [1.807, 2.05) is 12.4 Å². The van der Waals surface area contributed by atoms with E-state index in [9.17, 15) is 0 Å². The van der Waals surface area contributed by atoms with E-state index in [0.717, 1.165) is 6.54 Å². The van der Waals surface area contributed by atoms with Crippen LogP contribution in [0.2, 0.25) is 0 Å². The molecule has 1 aromatic heterocycles. The molecule has 1 atom stereocenters. The molecule has 0 aliphatic carbocycles. The first kappa shape index (κ1) is 14.1. The molecule has 0 saturated heterocycles. The van der Waals surface area contributed by atoms with E-state index in [-0.39, 0.29) is 0 Å². The van der Waals surface area contributed by atoms with Gasteiger partial charge in [0.25, 0.3) is 0 Å². The second kappa shape index (κ2) is 6.72. The van der Waals surface area contributed by atoms with Crippen LogP contribution in [0.15, 0.2) is 24.5 Å². The van der Waals surface area contributed by atoms with Gasteiger partial charge in [0.15, 0.2) is 0 Å². The minimum atomic E-state index is 0.292. The Labute approximate surface area is 105 Å². The molecule has 0 aromatic carbocycles. The first-order valence-corrected chi connectivity index (χ1v) is 6.42. The molecule has 0 amide bonds. The Morgan fingerprint density at radius 3 is 2.18 bits per heavy atom. The summed E-state index contributed by atoms with van der Waals surface area (Å²) in [5.74, 6) is 0.647. The third-order valence-electron chi connectivity index (χ3n) is 2.95. The molecule has 1 heterocycles. The van der Waals surface area contributed by atoms with E-state index in [2.05, 4.69) is 49.7 Å². The van der Waals surface area contributed by atoms with Gasteiger partial charge in [-0.2, -0.15) is 0 Å². The third-order valence-corrected chi connectivity index (χ3v) is 2.95. The summed E-state index contributed by atoms with van der Waals surface area (Å²) in [5, 5.41) is 0. The number of hydrogen-bond donors (Lipinski definition) is 1. The molecule has 2 N–H and O–H groups in total. The summed E-state index contributed by atoms with van der Waals surface area (Å²) >= 11 is 0. The van der Waals surface area contributed by atoms with Gasteiger partial charge in [0, 0.05) is 37.6 Å². The van der Waals surface area contributed by atoms with Gasteiger partial charge in [0.2, 0.25) is 0 Å².